The lowest BCUT2D eigenvalue weighted by atomic mass is 9.83. The zero-order valence-electron chi connectivity index (χ0n) is 10.8. The molecular formula is C12H24N2OS. The number of thioether (sulfide) groups is 1. The van der Waals surface area contributed by atoms with Crippen LogP contribution in [0.3, 0.4) is 0 Å². The maximum atomic E-state index is 11.8. The molecular weight excluding hydrogens is 220 g/mol. The van der Waals surface area contributed by atoms with Crippen molar-refractivity contribution in [2.45, 2.75) is 50.8 Å². The summed E-state index contributed by atoms with van der Waals surface area (Å²) in [6.45, 7) is 6.73. The smallest absolute Gasteiger partial charge is 0.237 e. The molecule has 0 radical (unpaired) electrons. The van der Waals surface area contributed by atoms with E-state index in [-0.39, 0.29) is 16.1 Å². The largest absolute Gasteiger partial charge is 0.353 e. The third kappa shape index (κ3) is 3.14. The van der Waals surface area contributed by atoms with Gasteiger partial charge in [0, 0.05) is 11.3 Å². The summed E-state index contributed by atoms with van der Waals surface area (Å²) in [4.78, 5) is 11.8. The highest BCUT2D eigenvalue weighted by Crippen LogP contribution is 2.42. The van der Waals surface area contributed by atoms with Crippen molar-refractivity contribution < 1.29 is 4.79 Å². The molecule has 1 rings (SSSR count). The predicted molar refractivity (Wildman–Crippen MR) is 70.5 cm³/mol. The molecule has 0 aromatic rings. The highest BCUT2D eigenvalue weighted by molar-refractivity contribution is 8.00. The molecule has 1 amide bonds. The van der Waals surface area contributed by atoms with Gasteiger partial charge in [-0.25, -0.2) is 0 Å². The number of rotatable bonds is 4. The predicted octanol–water partition coefficient (Wildman–Crippen LogP) is 1.76. The lowest BCUT2D eigenvalue weighted by Crippen LogP contribution is -2.53. The first kappa shape index (κ1) is 13.8. The molecule has 0 unspecified atom stereocenters. The standard InChI is InChI=1S/C12H24N2OS/c1-11(2,3)9(13)10(15)14-8-12(16-4)6-5-7-12/h9H,5-8,13H2,1-4H3,(H,14,15)/t9-/m1/s1. The van der Waals surface area contributed by atoms with E-state index in [0.29, 0.717) is 0 Å². The van der Waals surface area contributed by atoms with E-state index in [9.17, 15) is 4.79 Å². The Morgan fingerprint density at radius 1 is 1.50 bits per heavy atom. The van der Waals surface area contributed by atoms with Crippen molar-refractivity contribution in [3.63, 3.8) is 0 Å². The van der Waals surface area contributed by atoms with Gasteiger partial charge >= 0.3 is 0 Å². The first-order valence-electron chi connectivity index (χ1n) is 5.89. The normalized spacial score (nSPS) is 21.1. The fourth-order valence-corrected chi connectivity index (χ4v) is 2.69. The molecule has 0 bridgehead atoms. The molecule has 1 aliphatic carbocycles. The number of hydrogen-bond donors (Lipinski definition) is 2. The van der Waals surface area contributed by atoms with Crippen LogP contribution in [-0.4, -0.2) is 29.5 Å². The van der Waals surface area contributed by atoms with Gasteiger partial charge in [0.2, 0.25) is 5.91 Å². The van der Waals surface area contributed by atoms with Gasteiger partial charge < -0.3 is 11.1 Å². The molecule has 94 valence electrons. The molecule has 0 saturated heterocycles. The maximum absolute atomic E-state index is 11.8. The van der Waals surface area contributed by atoms with Crippen LogP contribution in [-0.2, 0) is 4.79 Å². The monoisotopic (exact) mass is 244 g/mol. The molecule has 0 aliphatic heterocycles. The summed E-state index contributed by atoms with van der Waals surface area (Å²) in [5.74, 6) is -0.0205. The van der Waals surface area contributed by atoms with E-state index in [1.54, 1.807) is 0 Å². The van der Waals surface area contributed by atoms with Crippen LogP contribution in [0.25, 0.3) is 0 Å². The summed E-state index contributed by atoms with van der Waals surface area (Å²) in [6.07, 6.45) is 5.81. The minimum Gasteiger partial charge on any atom is -0.353 e. The van der Waals surface area contributed by atoms with Gasteiger partial charge in [0.05, 0.1) is 6.04 Å². The van der Waals surface area contributed by atoms with Gasteiger partial charge in [0.15, 0.2) is 0 Å². The highest BCUT2D eigenvalue weighted by atomic mass is 32.2. The van der Waals surface area contributed by atoms with Crippen molar-refractivity contribution in [1.82, 2.24) is 5.32 Å². The second-order valence-corrected chi connectivity index (χ2v) is 7.08. The van der Waals surface area contributed by atoms with Crippen molar-refractivity contribution >= 4 is 17.7 Å². The quantitative estimate of drug-likeness (QED) is 0.792. The number of carbonyl (C=O) groups is 1. The van der Waals surface area contributed by atoms with Crippen LogP contribution < -0.4 is 11.1 Å². The first-order valence-corrected chi connectivity index (χ1v) is 7.12. The molecule has 1 aliphatic rings. The minimum atomic E-state index is -0.425. The van der Waals surface area contributed by atoms with Gasteiger partial charge in [-0.15, -0.1) is 0 Å². The van der Waals surface area contributed by atoms with E-state index in [4.69, 9.17) is 5.73 Å². The maximum Gasteiger partial charge on any atom is 0.237 e. The number of nitrogens with one attached hydrogen (secondary N) is 1. The molecule has 1 saturated carbocycles. The first-order chi connectivity index (χ1) is 7.31. The average Bonchev–Trinajstić information content (AvgIpc) is 2.14. The second kappa shape index (κ2) is 4.96. The summed E-state index contributed by atoms with van der Waals surface area (Å²) in [5.41, 5.74) is 5.74. The van der Waals surface area contributed by atoms with E-state index in [0.717, 1.165) is 6.54 Å². The van der Waals surface area contributed by atoms with Crippen LogP contribution in [0.5, 0.6) is 0 Å². The van der Waals surface area contributed by atoms with Crippen molar-refractivity contribution in [3.8, 4) is 0 Å². The van der Waals surface area contributed by atoms with Crippen LogP contribution in [0.15, 0.2) is 0 Å². The van der Waals surface area contributed by atoms with Gasteiger partial charge in [-0.05, 0) is 24.5 Å². The van der Waals surface area contributed by atoms with Crippen LogP contribution in [0, 0.1) is 5.41 Å². The zero-order chi connectivity index (χ0) is 12.4. The van der Waals surface area contributed by atoms with Crippen LogP contribution in [0.1, 0.15) is 40.0 Å². The second-order valence-electron chi connectivity index (χ2n) is 5.80. The number of hydrogen-bond acceptors (Lipinski definition) is 3. The Morgan fingerprint density at radius 3 is 2.38 bits per heavy atom. The Bertz CT molecular complexity index is 251. The minimum absolute atomic E-state index is 0.0205. The van der Waals surface area contributed by atoms with Crippen molar-refractivity contribution in [3.05, 3.63) is 0 Å². The molecule has 0 aromatic heterocycles. The number of amides is 1. The summed E-state index contributed by atoms with van der Waals surface area (Å²) in [6, 6.07) is -0.425. The summed E-state index contributed by atoms with van der Waals surface area (Å²) in [5, 5.41) is 3.00. The average molecular weight is 244 g/mol. The lowest BCUT2D eigenvalue weighted by Gasteiger charge is -2.41. The van der Waals surface area contributed by atoms with E-state index in [1.807, 2.05) is 32.5 Å². The molecule has 0 aromatic carbocycles. The van der Waals surface area contributed by atoms with E-state index >= 15 is 0 Å². The highest BCUT2D eigenvalue weighted by Gasteiger charge is 2.37. The summed E-state index contributed by atoms with van der Waals surface area (Å²) >= 11 is 1.86. The third-order valence-electron chi connectivity index (χ3n) is 3.50. The van der Waals surface area contributed by atoms with Crippen LogP contribution in [0.2, 0.25) is 0 Å². The van der Waals surface area contributed by atoms with Crippen molar-refractivity contribution in [2.24, 2.45) is 11.1 Å². The Labute approximate surface area is 103 Å². The van der Waals surface area contributed by atoms with Gasteiger partial charge in [-0.2, -0.15) is 11.8 Å². The Kier molecular flexibility index (Phi) is 4.29. The molecule has 3 nitrogen and oxygen atoms in total. The molecule has 16 heavy (non-hydrogen) atoms. The van der Waals surface area contributed by atoms with E-state index in [1.165, 1.54) is 19.3 Å². The van der Waals surface area contributed by atoms with E-state index < -0.39 is 6.04 Å². The van der Waals surface area contributed by atoms with Gasteiger partial charge in [-0.1, -0.05) is 27.2 Å². The van der Waals surface area contributed by atoms with Crippen molar-refractivity contribution in [2.75, 3.05) is 12.8 Å². The summed E-state index contributed by atoms with van der Waals surface area (Å²) < 4.78 is 0.285. The molecule has 4 heteroatoms. The van der Waals surface area contributed by atoms with Gasteiger partial charge in [0.1, 0.15) is 0 Å². The Morgan fingerprint density at radius 2 is 2.06 bits per heavy atom. The number of nitrogens with two attached hydrogens (primary N) is 1. The topological polar surface area (TPSA) is 55.1 Å². The Hall–Kier alpha value is -0.220. The molecule has 0 heterocycles. The molecule has 3 N–H and O–H groups in total. The van der Waals surface area contributed by atoms with Crippen molar-refractivity contribution in [1.29, 1.82) is 0 Å². The summed E-state index contributed by atoms with van der Waals surface area (Å²) in [7, 11) is 0. The number of carbonyl (C=O) groups excluding carboxylic acids is 1. The molecule has 1 fully saturated rings. The third-order valence-corrected chi connectivity index (χ3v) is 4.92. The fourth-order valence-electron chi connectivity index (χ4n) is 1.78. The molecule has 1 atom stereocenters. The van der Waals surface area contributed by atoms with E-state index in [2.05, 4.69) is 11.6 Å². The van der Waals surface area contributed by atoms with Gasteiger partial charge in [0.25, 0.3) is 0 Å². The lowest BCUT2D eigenvalue weighted by molar-refractivity contribution is -0.124. The zero-order valence-corrected chi connectivity index (χ0v) is 11.6. The fraction of sp³-hybridized carbons (Fsp3) is 0.917. The Balaban J connectivity index is 2.41. The molecule has 0 spiro atoms. The van der Waals surface area contributed by atoms with Crippen LogP contribution in [0.4, 0.5) is 0 Å². The van der Waals surface area contributed by atoms with Crippen LogP contribution >= 0.6 is 11.8 Å². The van der Waals surface area contributed by atoms with Gasteiger partial charge in [-0.3, -0.25) is 4.79 Å². The SMILES string of the molecule is CSC1(CNC(=O)[C@@H](N)C(C)(C)C)CCC1.